The Labute approximate surface area is 223 Å². The summed E-state index contributed by atoms with van der Waals surface area (Å²) < 4.78 is 19.0. The first-order chi connectivity index (χ1) is 18.5. The van der Waals surface area contributed by atoms with Gasteiger partial charge in [0, 0.05) is 29.2 Å². The standard InChI is InChI=1S/C32H33NO5/c1-4-36-32(35)31-23(2)33(3)29-18-17-27(22-28(29)31)38-21-9-8-20-37-26-15-13-25(14-16-26)30(34)19-12-24-10-6-5-7-11-24/h5-7,10-19,22H,4,8-9,20-21H2,1-3H3. The molecule has 0 atom stereocenters. The molecule has 4 aromatic rings. The molecule has 3 aromatic carbocycles. The molecule has 0 aliphatic rings. The average Bonchev–Trinajstić information content (AvgIpc) is 3.19. The largest absolute Gasteiger partial charge is 0.494 e. The molecule has 6 nitrogen and oxygen atoms in total. The molecule has 1 heterocycles. The number of carbonyl (C=O) groups excluding carboxylic acids is 2. The van der Waals surface area contributed by atoms with E-state index in [9.17, 15) is 9.59 Å². The Bertz CT molecular complexity index is 1420. The zero-order valence-electron chi connectivity index (χ0n) is 22.1. The van der Waals surface area contributed by atoms with Gasteiger partial charge in [-0.25, -0.2) is 4.79 Å². The van der Waals surface area contributed by atoms with E-state index in [1.807, 2.05) is 85.3 Å². The van der Waals surface area contributed by atoms with Gasteiger partial charge < -0.3 is 18.8 Å². The van der Waals surface area contributed by atoms with Gasteiger partial charge in [0.1, 0.15) is 11.5 Å². The van der Waals surface area contributed by atoms with Gasteiger partial charge in [0.05, 0.1) is 25.4 Å². The maximum absolute atomic E-state index is 12.5. The van der Waals surface area contributed by atoms with E-state index >= 15 is 0 Å². The van der Waals surface area contributed by atoms with Gasteiger partial charge in [0.25, 0.3) is 0 Å². The third kappa shape index (κ3) is 6.51. The van der Waals surface area contributed by atoms with Crippen LogP contribution in [0, 0.1) is 6.92 Å². The fraction of sp³-hybridized carbons (Fsp3) is 0.250. The number of unbranched alkanes of at least 4 members (excludes halogenated alkanes) is 1. The minimum Gasteiger partial charge on any atom is -0.494 e. The molecule has 0 aliphatic heterocycles. The van der Waals surface area contributed by atoms with Gasteiger partial charge in [-0.3, -0.25) is 4.79 Å². The number of hydrogen-bond donors (Lipinski definition) is 0. The Balaban J connectivity index is 1.23. The molecule has 38 heavy (non-hydrogen) atoms. The number of rotatable bonds is 12. The van der Waals surface area contributed by atoms with Crippen molar-refractivity contribution in [3.05, 3.63) is 101 Å². The number of hydrogen-bond acceptors (Lipinski definition) is 5. The number of allylic oxidation sites excluding steroid dienone is 1. The minimum absolute atomic E-state index is 0.0456. The third-order valence-corrected chi connectivity index (χ3v) is 6.38. The first-order valence-corrected chi connectivity index (χ1v) is 12.9. The van der Waals surface area contributed by atoms with Gasteiger partial charge >= 0.3 is 5.97 Å². The second kappa shape index (κ2) is 12.8. The summed E-state index contributed by atoms with van der Waals surface area (Å²) in [4.78, 5) is 24.9. The molecule has 6 heteroatoms. The van der Waals surface area contributed by atoms with E-state index in [0.29, 0.717) is 30.9 Å². The first kappa shape index (κ1) is 26.7. The van der Waals surface area contributed by atoms with Crippen molar-refractivity contribution in [2.45, 2.75) is 26.7 Å². The van der Waals surface area contributed by atoms with Crippen LogP contribution in [0.5, 0.6) is 11.5 Å². The molecule has 0 unspecified atom stereocenters. The molecule has 1 aromatic heterocycles. The smallest absolute Gasteiger partial charge is 0.340 e. The van der Waals surface area contributed by atoms with Crippen LogP contribution in [-0.4, -0.2) is 36.1 Å². The van der Waals surface area contributed by atoms with Crippen molar-refractivity contribution in [1.29, 1.82) is 0 Å². The quantitative estimate of drug-likeness (QED) is 0.0906. The van der Waals surface area contributed by atoms with Crippen molar-refractivity contribution >= 4 is 28.7 Å². The van der Waals surface area contributed by atoms with Gasteiger partial charge in [-0.05, 0) is 80.8 Å². The highest BCUT2D eigenvalue weighted by molar-refractivity contribution is 6.07. The Hall–Kier alpha value is -4.32. The Morgan fingerprint density at radius 3 is 2.21 bits per heavy atom. The Morgan fingerprint density at radius 2 is 1.53 bits per heavy atom. The number of ketones is 1. The maximum atomic E-state index is 12.5. The Morgan fingerprint density at radius 1 is 0.868 bits per heavy atom. The van der Waals surface area contributed by atoms with Crippen molar-refractivity contribution in [2.24, 2.45) is 7.05 Å². The molecule has 0 spiro atoms. The zero-order valence-corrected chi connectivity index (χ0v) is 22.1. The van der Waals surface area contributed by atoms with Crippen molar-refractivity contribution in [2.75, 3.05) is 19.8 Å². The average molecular weight is 512 g/mol. The molecular weight excluding hydrogens is 478 g/mol. The number of aromatic nitrogens is 1. The third-order valence-electron chi connectivity index (χ3n) is 6.38. The number of fused-ring (bicyclic) bond motifs is 1. The number of aryl methyl sites for hydroxylation is 1. The lowest BCUT2D eigenvalue weighted by Gasteiger charge is -2.09. The van der Waals surface area contributed by atoms with E-state index in [1.165, 1.54) is 0 Å². The summed E-state index contributed by atoms with van der Waals surface area (Å²) >= 11 is 0. The van der Waals surface area contributed by atoms with E-state index < -0.39 is 0 Å². The van der Waals surface area contributed by atoms with Crippen molar-refractivity contribution in [3.8, 4) is 11.5 Å². The number of esters is 1. The number of benzene rings is 3. The van der Waals surface area contributed by atoms with Crippen molar-refractivity contribution in [3.63, 3.8) is 0 Å². The second-order valence-electron chi connectivity index (χ2n) is 8.96. The summed E-state index contributed by atoms with van der Waals surface area (Å²) in [6.45, 7) is 5.14. The van der Waals surface area contributed by atoms with Crippen LogP contribution in [0.4, 0.5) is 0 Å². The van der Waals surface area contributed by atoms with Gasteiger partial charge in [-0.15, -0.1) is 0 Å². The summed E-state index contributed by atoms with van der Waals surface area (Å²) in [6.07, 6.45) is 5.03. The maximum Gasteiger partial charge on any atom is 0.340 e. The molecule has 0 saturated heterocycles. The van der Waals surface area contributed by atoms with Crippen molar-refractivity contribution < 1.29 is 23.8 Å². The van der Waals surface area contributed by atoms with Gasteiger partial charge in [0.15, 0.2) is 5.78 Å². The first-order valence-electron chi connectivity index (χ1n) is 12.9. The zero-order chi connectivity index (χ0) is 26.9. The molecule has 0 bridgehead atoms. The van der Waals surface area contributed by atoms with Crippen LogP contribution in [0.1, 0.15) is 51.7 Å². The van der Waals surface area contributed by atoms with Crippen LogP contribution in [0.3, 0.4) is 0 Å². The molecule has 196 valence electrons. The minimum atomic E-state index is -0.314. The topological polar surface area (TPSA) is 66.8 Å². The fourth-order valence-electron chi connectivity index (χ4n) is 4.23. The molecule has 0 N–H and O–H groups in total. The number of carbonyl (C=O) groups is 2. The monoisotopic (exact) mass is 511 g/mol. The summed E-state index contributed by atoms with van der Waals surface area (Å²) in [7, 11) is 1.94. The molecule has 0 fully saturated rings. The van der Waals surface area contributed by atoms with Crippen LogP contribution in [-0.2, 0) is 11.8 Å². The van der Waals surface area contributed by atoms with Crippen LogP contribution in [0.25, 0.3) is 17.0 Å². The highest BCUT2D eigenvalue weighted by atomic mass is 16.5. The Kier molecular flexibility index (Phi) is 8.98. The summed E-state index contributed by atoms with van der Waals surface area (Å²) in [5.41, 5.74) is 4.03. The highest BCUT2D eigenvalue weighted by Crippen LogP contribution is 2.29. The SMILES string of the molecule is CCOC(=O)c1c(C)n(C)c2ccc(OCCCCOc3ccc(C(=O)C=Cc4ccccc4)cc3)cc12. The van der Waals surface area contributed by atoms with Crippen LogP contribution in [0.2, 0.25) is 0 Å². The van der Waals surface area contributed by atoms with E-state index in [0.717, 1.165) is 46.5 Å². The number of nitrogens with zero attached hydrogens (tertiary/aromatic N) is 1. The van der Waals surface area contributed by atoms with Crippen LogP contribution in [0.15, 0.2) is 78.9 Å². The molecule has 0 amide bonds. The lowest BCUT2D eigenvalue weighted by molar-refractivity contribution is 0.0527. The predicted octanol–water partition coefficient (Wildman–Crippen LogP) is 6.80. The van der Waals surface area contributed by atoms with Gasteiger partial charge in [0.2, 0.25) is 0 Å². The summed E-state index contributed by atoms with van der Waals surface area (Å²) in [5, 5.41) is 0.835. The van der Waals surface area contributed by atoms with Gasteiger partial charge in [-0.2, -0.15) is 0 Å². The molecule has 4 rings (SSSR count). The molecular formula is C32H33NO5. The van der Waals surface area contributed by atoms with E-state index in [4.69, 9.17) is 14.2 Å². The fourth-order valence-corrected chi connectivity index (χ4v) is 4.23. The summed E-state index contributed by atoms with van der Waals surface area (Å²) in [6, 6.07) is 22.7. The molecule has 0 aliphatic carbocycles. The predicted molar refractivity (Wildman–Crippen MR) is 150 cm³/mol. The van der Waals surface area contributed by atoms with Crippen LogP contribution < -0.4 is 9.47 Å². The lowest BCUT2D eigenvalue weighted by atomic mass is 10.1. The molecule has 0 saturated carbocycles. The lowest BCUT2D eigenvalue weighted by Crippen LogP contribution is -2.06. The molecule has 0 radical (unpaired) electrons. The normalized spacial score (nSPS) is 11.1. The van der Waals surface area contributed by atoms with Gasteiger partial charge in [-0.1, -0.05) is 36.4 Å². The van der Waals surface area contributed by atoms with Crippen molar-refractivity contribution in [1.82, 2.24) is 4.57 Å². The van der Waals surface area contributed by atoms with E-state index in [1.54, 1.807) is 25.1 Å². The number of ether oxygens (including phenoxy) is 3. The van der Waals surface area contributed by atoms with Crippen LogP contribution >= 0.6 is 0 Å². The highest BCUT2D eigenvalue weighted by Gasteiger charge is 2.20. The second-order valence-corrected chi connectivity index (χ2v) is 8.96. The van der Waals surface area contributed by atoms with E-state index in [-0.39, 0.29) is 11.8 Å². The summed E-state index contributed by atoms with van der Waals surface area (Å²) in [5.74, 6) is 1.09. The van der Waals surface area contributed by atoms with E-state index in [2.05, 4.69) is 0 Å².